The largest absolute Gasteiger partial charge is 0.478 e. The molecular formula is C50H34Cl2N10O6. The summed E-state index contributed by atoms with van der Waals surface area (Å²) in [7, 11) is 0. The van der Waals surface area contributed by atoms with E-state index in [-0.39, 0.29) is 55.5 Å². The second-order valence-corrected chi connectivity index (χ2v) is 17.1. The Hall–Kier alpha value is -8.34. The number of H-pyrrole nitrogens is 2. The Bertz CT molecular complexity index is 3980. The Morgan fingerprint density at radius 3 is 1.93 bits per heavy atom. The third kappa shape index (κ3) is 7.26. The molecule has 0 atom stereocenters. The first-order valence-electron chi connectivity index (χ1n) is 21.6. The summed E-state index contributed by atoms with van der Waals surface area (Å²) < 4.78 is 4.50. The normalized spacial score (nSPS) is 13.1. The minimum atomic E-state index is -1.32. The Morgan fingerprint density at radius 1 is 0.632 bits per heavy atom. The SMILES string of the molecule is O=C(O)c1c(-c2cn(-c3cccnc3Cl)c(=O)[nH]c2=O)cc2c(nc(-c3ccc4nc(-c5cn(-c6cccnc6Cl)c(=O)[nH]c5=O)ccc4c3)n2C2CCCCC2)c1-c1ccc2ncccc2c1. The molecule has 18 heteroatoms. The van der Waals surface area contributed by atoms with Gasteiger partial charge in [-0.3, -0.25) is 33.7 Å². The number of pyridine rings is 4. The van der Waals surface area contributed by atoms with E-state index in [1.807, 2.05) is 42.5 Å². The fourth-order valence-electron chi connectivity index (χ4n) is 9.29. The van der Waals surface area contributed by atoms with Gasteiger partial charge in [-0.25, -0.2) is 34.3 Å². The number of hydrogen-bond donors (Lipinski definition) is 3. The zero-order chi connectivity index (χ0) is 46.8. The van der Waals surface area contributed by atoms with Crippen LogP contribution in [0.4, 0.5) is 0 Å². The van der Waals surface area contributed by atoms with E-state index in [0.29, 0.717) is 50.1 Å². The number of carboxylic acids is 1. The first-order valence-corrected chi connectivity index (χ1v) is 22.3. The maximum atomic E-state index is 14.0. The quantitative estimate of drug-likeness (QED) is 0.122. The maximum absolute atomic E-state index is 14.0. The molecule has 1 fully saturated rings. The summed E-state index contributed by atoms with van der Waals surface area (Å²) >= 11 is 12.8. The van der Waals surface area contributed by atoms with Gasteiger partial charge in [0.25, 0.3) is 11.1 Å². The topological polar surface area (TPSA) is 216 Å². The lowest BCUT2D eigenvalue weighted by molar-refractivity contribution is 0.0698. The minimum absolute atomic E-state index is 0.000287. The van der Waals surface area contributed by atoms with Crippen molar-refractivity contribution in [2.24, 2.45) is 0 Å². The molecule has 7 heterocycles. The molecule has 10 aromatic rings. The van der Waals surface area contributed by atoms with Gasteiger partial charge >= 0.3 is 17.3 Å². The van der Waals surface area contributed by atoms with Crippen molar-refractivity contribution in [3.05, 3.63) is 180 Å². The van der Waals surface area contributed by atoms with E-state index >= 15 is 0 Å². The van der Waals surface area contributed by atoms with E-state index in [1.54, 1.807) is 54.7 Å². The Balaban J connectivity index is 1.15. The molecule has 0 saturated heterocycles. The van der Waals surface area contributed by atoms with Crippen LogP contribution < -0.4 is 22.5 Å². The third-order valence-corrected chi connectivity index (χ3v) is 13.0. The maximum Gasteiger partial charge on any atom is 0.337 e. The summed E-state index contributed by atoms with van der Waals surface area (Å²) in [5.41, 5.74) is 1.53. The Kier molecular flexibility index (Phi) is 10.5. The van der Waals surface area contributed by atoms with Crippen molar-refractivity contribution in [1.29, 1.82) is 0 Å². The molecule has 3 N–H and O–H groups in total. The number of fused-ring (bicyclic) bond motifs is 3. The van der Waals surface area contributed by atoms with E-state index in [2.05, 4.69) is 29.5 Å². The van der Waals surface area contributed by atoms with Crippen molar-refractivity contribution < 1.29 is 9.90 Å². The summed E-state index contributed by atoms with van der Waals surface area (Å²) in [6.45, 7) is 0. The predicted octanol–water partition coefficient (Wildman–Crippen LogP) is 8.78. The summed E-state index contributed by atoms with van der Waals surface area (Å²) in [6, 6.07) is 26.3. The number of benzene rings is 3. The lowest BCUT2D eigenvalue weighted by Crippen LogP contribution is -2.30. The van der Waals surface area contributed by atoms with Gasteiger partial charge in [-0.15, -0.1) is 0 Å². The smallest absolute Gasteiger partial charge is 0.337 e. The number of nitrogens with zero attached hydrogens (tertiary/aromatic N) is 8. The van der Waals surface area contributed by atoms with Crippen molar-refractivity contribution >= 4 is 62.0 Å². The highest BCUT2D eigenvalue weighted by atomic mass is 35.5. The number of nitrogens with one attached hydrogen (secondary N) is 2. The molecule has 0 radical (unpaired) electrons. The number of carboxylic acid groups (broad SMARTS) is 1. The number of aromatic carboxylic acids is 1. The molecule has 0 spiro atoms. The molecule has 0 unspecified atom stereocenters. The van der Waals surface area contributed by atoms with Gasteiger partial charge in [0.15, 0.2) is 10.3 Å². The number of halogens is 2. The first-order chi connectivity index (χ1) is 33.0. The van der Waals surface area contributed by atoms with Crippen LogP contribution in [0.5, 0.6) is 0 Å². The average molecular weight is 942 g/mol. The molecule has 0 bridgehead atoms. The first kappa shape index (κ1) is 42.3. The van der Waals surface area contributed by atoms with Gasteiger partial charge < -0.3 is 9.67 Å². The summed E-state index contributed by atoms with van der Waals surface area (Å²) in [5, 5.41) is 12.8. The number of aromatic nitrogens is 10. The molecule has 11 rings (SSSR count). The number of hydrogen-bond acceptors (Lipinski definition) is 10. The molecular weight excluding hydrogens is 908 g/mol. The molecule has 0 aliphatic heterocycles. The highest BCUT2D eigenvalue weighted by Gasteiger charge is 2.31. The van der Waals surface area contributed by atoms with E-state index < -0.39 is 28.5 Å². The van der Waals surface area contributed by atoms with Gasteiger partial charge in [0.1, 0.15) is 5.82 Å². The van der Waals surface area contributed by atoms with E-state index in [4.69, 9.17) is 33.2 Å². The summed E-state index contributed by atoms with van der Waals surface area (Å²) in [4.78, 5) is 95.0. The van der Waals surface area contributed by atoms with Crippen LogP contribution in [0.2, 0.25) is 10.3 Å². The third-order valence-electron chi connectivity index (χ3n) is 12.4. The molecule has 334 valence electrons. The molecule has 1 aliphatic carbocycles. The Morgan fingerprint density at radius 2 is 1.24 bits per heavy atom. The van der Waals surface area contributed by atoms with Gasteiger partial charge in [-0.05, 0) is 91.2 Å². The van der Waals surface area contributed by atoms with Gasteiger partial charge in [0, 0.05) is 64.5 Å². The van der Waals surface area contributed by atoms with Crippen molar-refractivity contribution in [3.8, 4) is 56.3 Å². The second-order valence-electron chi connectivity index (χ2n) is 16.4. The van der Waals surface area contributed by atoms with Crippen LogP contribution in [0.15, 0.2) is 141 Å². The monoisotopic (exact) mass is 940 g/mol. The fraction of sp³-hybridized carbons (Fsp3) is 0.120. The van der Waals surface area contributed by atoms with E-state index in [1.165, 1.54) is 29.4 Å². The number of aromatic amines is 2. The minimum Gasteiger partial charge on any atom is -0.478 e. The van der Waals surface area contributed by atoms with Crippen LogP contribution in [0, 0.1) is 0 Å². The molecule has 0 amide bonds. The summed E-state index contributed by atoms with van der Waals surface area (Å²) in [5.74, 6) is -0.758. The van der Waals surface area contributed by atoms with Crippen molar-refractivity contribution in [1.82, 2.24) is 48.6 Å². The fourth-order valence-corrected chi connectivity index (χ4v) is 9.71. The van der Waals surface area contributed by atoms with Gasteiger partial charge in [-0.1, -0.05) is 60.7 Å². The molecule has 1 aliphatic rings. The Labute approximate surface area is 392 Å². The van der Waals surface area contributed by atoms with Gasteiger partial charge in [0.2, 0.25) is 0 Å². The second kappa shape index (κ2) is 16.8. The summed E-state index contributed by atoms with van der Waals surface area (Å²) in [6.07, 6.45) is 11.9. The van der Waals surface area contributed by atoms with Gasteiger partial charge in [-0.2, -0.15) is 0 Å². The van der Waals surface area contributed by atoms with E-state index in [0.717, 1.165) is 42.1 Å². The van der Waals surface area contributed by atoms with Crippen LogP contribution >= 0.6 is 23.2 Å². The molecule has 16 nitrogen and oxygen atoms in total. The molecule has 1 saturated carbocycles. The highest BCUT2D eigenvalue weighted by molar-refractivity contribution is 6.31. The molecule has 3 aromatic carbocycles. The lowest BCUT2D eigenvalue weighted by atomic mass is 9.90. The van der Waals surface area contributed by atoms with Crippen LogP contribution in [-0.2, 0) is 0 Å². The van der Waals surface area contributed by atoms with Crippen LogP contribution in [0.25, 0.3) is 89.1 Å². The van der Waals surface area contributed by atoms with Crippen molar-refractivity contribution in [2.75, 3.05) is 0 Å². The zero-order valence-electron chi connectivity index (χ0n) is 35.5. The number of imidazole rings is 1. The van der Waals surface area contributed by atoms with Crippen LogP contribution in [0.3, 0.4) is 0 Å². The zero-order valence-corrected chi connectivity index (χ0v) is 37.0. The van der Waals surface area contributed by atoms with Crippen LogP contribution in [0.1, 0.15) is 48.5 Å². The average Bonchev–Trinajstić information content (AvgIpc) is 3.73. The van der Waals surface area contributed by atoms with Crippen molar-refractivity contribution in [2.45, 2.75) is 38.1 Å². The standard InChI is InChI=1S/C50H34Cl2N10O6/c51-43-37(10-5-19-54-43)60-24-32(46(63)58-49(60)67)31-23-39-42(40(41(31)48(65)66)28-13-15-34-26(21-28)7-4-18-53-34)57-45(62(39)30-8-2-1-3-9-30)29-14-16-35-27(22-29)12-17-36(56-35)33-25-61(50(68)59-47(33)64)38-11-6-20-55-44(38)52/h4-7,10-25,30H,1-3,8-9H2,(H,65,66)(H,58,63,67)(H,59,64,68). The highest BCUT2D eigenvalue weighted by Crippen LogP contribution is 2.44. The van der Waals surface area contributed by atoms with E-state index in [9.17, 15) is 29.1 Å². The van der Waals surface area contributed by atoms with Crippen LogP contribution in [-0.4, -0.2) is 59.7 Å². The molecule has 68 heavy (non-hydrogen) atoms. The predicted molar refractivity (Wildman–Crippen MR) is 259 cm³/mol. The van der Waals surface area contributed by atoms with Gasteiger partial charge in [0.05, 0.1) is 55.8 Å². The van der Waals surface area contributed by atoms with Crippen molar-refractivity contribution in [3.63, 3.8) is 0 Å². The number of rotatable bonds is 8. The molecule has 7 aromatic heterocycles. The lowest BCUT2D eigenvalue weighted by Gasteiger charge is -2.26. The number of carbonyl (C=O) groups is 1.